The van der Waals surface area contributed by atoms with Gasteiger partial charge in [0.05, 0.1) is 53.8 Å². The SMILES string of the molecule is CCNC(=O)O[C@H]1C(O[C@@H]2[C@@H](C)[C@H](O[C@H]3C[C@@](C)(OC)[C@@H](OC(C)=O)[C@H](C)O3)[C@@H](C)C(=O)O[C@@H](CC)[C@@](C)(O)[C@H](O)[C@H](C)/C(=N/OCCCC3CCCCC3)[C@H](C)CC2(C)O)O[C@H](C)C[C@@H]1N(C)C. The van der Waals surface area contributed by atoms with Crippen LogP contribution in [0.2, 0.25) is 0 Å². The lowest BCUT2D eigenvalue weighted by Gasteiger charge is -2.49. The fraction of sp³-hybridized carbons (Fsp3) is 0.922. The van der Waals surface area contributed by atoms with E-state index in [0.29, 0.717) is 31.2 Å². The Morgan fingerprint density at radius 2 is 1.57 bits per heavy atom. The van der Waals surface area contributed by atoms with Crippen LogP contribution in [0.3, 0.4) is 0 Å². The first-order valence-corrected chi connectivity index (χ1v) is 25.8. The van der Waals surface area contributed by atoms with E-state index in [1.807, 2.05) is 32.8 Å². The number of oxime groups is 1. The van der Waals surface area contributed by atoms with Gasteiger partial charge in [-0.15, -0.1) is 0 Å². The first-order valence-electron chi connectivity index (χ1n) is 25.8. The molecular formula is C51H91N3O15. The second-order valence-corrected chi connectivity index (χ2v) is 21.6. The fourth-order valence-corrected chi connectivity index (χ4v) is 11.4. The number of aliphatic hydroxyl groups is 3. The summed E-state index contributed by atoms with van der Waals surface area (Å²) in [5.74, 6) is -4.02. The van der Waals surface area contributed by atoms with Crippen molar-refractivity contribution in [2.45, 2.75) is 238 Å². The van der Waals surface area contributed by atoms with Gasteiger partial charge in [0.1, 0.15) is 23.9 Å². The van der Waals surface area contributed by atoms with Gasteiger partial charge in [-0.2, -0.15) is 0 Å². The first-order chi connectivity index (χ1) is 32.3. The van der Waals surface area contributed by atoms with Gasteiger partial charge in [0.15, 0.2) is 24.8 Å². The monoisotopic (exact) mass is 986 g/mol. The minimum atomic E-state index is -1.96. The summed E-state index contributed by atoms with van der Waals surface area (Å²) < 4.78 is 50.8. The summed E-state index contributed by atoms with van der Waals surface area (Å²) in [5.41, 5.74) is -4.45. The molecule has 4 fully saturated rings. The number of cyclic esters (lactones) is 1. The Morgan fingerprint density at radius 3 is 2.16 bits per heavy atom. The van der Waals surface area contributed by atoms with Crippen LogP contribution in [-0.2, 0) is 52.3 Å². The molecule has 4 aliphatic rings. The predicted octanol–water partition coefficient (Wildman–Crippen LogP) is 6.27. The molecule has 2 unspecified atom stereocenters. The highest BCUT2D eigenvalue weighted by atomic mass is 16.7. The van der Waals surface area contributed by atoms with Crippen LogP contribution in [0.5, 0.6) is 0 Å². The van der Waals surface area contributed by atoms with Crippen LogP contribution in [0.1, 0.15) is 154 Å². The van der Waals surface area contributed by atoms with Crippen molar-refractivity contribution < 1.29 is 72.4 Å². The lowest BCUT2D eigenvalue weighted by molar-refractivity contribution is -0.318. The molecule has 1 amide bonds. The molecule has 3 aliphatic heterocycles. The smallest absolute Gasteiger partial charge is 0.407 e. The van der Waals surface area contributed by atoms with Gasteiger partial charge in [0, 0.05) is 44.8 Å². The van der Waals surface area contributed by atoms with E-state index in [1.54, 1.807) is 55.4 Å². The van der Waals surface area contributed by atoms with Crippen molar-refractivity contribution in [3.63, 3.8) is 0 Å². The number of hydrogen-bond acceptors (Lipinski definition) is 17. The molecule has 18 nitrogen and oxygen atoms in total. The number of amides is 1. The van der Waals surface area contributed by atoms with E-state index in [0.717, 1.165) is 12.8 Å². The lowest BCUT2D eigenvalue weighted by atomic mass is 9.73. The van der Waals surface area contributed by atoms with Gasteiger partial charge in [0.2, 0.25) is 0 Å². The molecule has 4 N–H and O–H groups in total. The molecule has 3 heterocycles. The van der Waals surface area contributed by atoms with Crippen LogP contribution in [-0.4, -0.2) is 163 Å². The summed E-state index contributed by atoms with van der Waals surface area (Å²) in [5, 5.41) is 44.9. The molecule has 0 spiro atoms. The minimum absolute atomic E-state index is 0.0156. The molecule has 4 rings (SSSR count). The Kier molecular flexibility index (Phi) is 22.0. The number of alkyl carbamates (subject to hydrolysis) is 1. The summed E-state index contributed by atoms with van der Waals surface area (Å²) in [6.45, 7) is 21.1. The van der Waals surface area contributed by atoms with Gasteiger partial charge < -0.3 is 68.3 Å². The van der Waals surface area contributed by atoms with Crippen LogP contribution in [0.4, 0.5) is 4.79 Å². The largest absolute Gasteiger partial charge is 0.459 e. The van der Waals surface area contributed by atoms with Crippen LogP contribution in [0.25, 0.3) is 0 Å². The normalized spacial score (nSPS) is 41.8. The second kappa shape index (κ2) is 25.8. The Hall–Kier alpha value is -2.68. The molecule has 18 atom stereocenters. The third-order valence-corrected chi connectivity index (χ3v) is 15.4. The molecule has 400 valence electrons. The van der Waals surface area contributed by atoms with Crippen molar-refractivity contribution in [2.24, 2.45) is 34.7 Å². The number of carbonyl (C=O) groups excluding carboxylic acids is 3. The topological polar surface area (TPSA) is 223 Å². The maximum absolute atomic E-state index is 14.7. The highest BCUT2D eigenvalue weighted by Gasteiger charge is 2.54. The molecule has 69 heavy (non-hydrogen) atoms. The highest BCUT2D eigenvalue weighted by Crippen LogP contribution is 2.42. The summed E-state index contributed by atoms with van der Waals surface area (Å²) in [4.78, 5) is 48.1. The Morgan fingerprint density at radius 1 is 0.899 bits per heavy atom. The number of likely N-dealkylation sites (N-methyl/N-ethyl adjacent to an activating group) is 1. The predicted molar refractivity (Wildman–Crippen MR) is 258 cm³/mol. The van der Waals surface area contributed by atoms with E-state index in [-0.39, 0.29) is 31.4 Å². The van der Waals surface area contributed by atoms with Gasteiger partial charge in [0.25, 0.3) is 0 Å². The number of hydrogen-bond donors (Lipinski definition) is 4. The number of methoxy groups -OCH3 is 1. The van der Waals surface area contributed by atoms with Gasteiger partial charge in [-0.3, -0.25) is 9.59 Å². The fourth-order valence-electron chi connectivity index (χ4n) is 11.4. The molecular weight excluding hydrogens is 895 g/mol. The van der Waals surface area contributed by atoms with Crippen molar-refractivity contribution in [1.29, 1.82) is 0 Å². The third kappa shape index (κ3) is 15.2. The standard InChI is InChI=1S/C51H91N3O15/c1-16-38-51(12,60)43(56)31(5)40(53-62-25-21-24-36-22-19-18-20-23-36)29(3)27-49(10,59)44(69-47-42(68-48(58)52-17-2)37(54(13)14)26-30(4)63-47)32(6)41(33(7)46(57)66-38)67-39-28-50(11,61-15)45(34(8)64-39)65-35(9)55/h29-34,36-39,41-45,47,56,59-60H,16-28H2,1-15H3,(H,52,58)/b53-40+/t29-,30-,31-,32+,33-,34+,37+,38+,39+,41+,42-,43-,44-,45+,47?,49?,50-,51-/m1/s1. The van der Waals surface area contributed by atoms with E-state index in [1.165, 1.54) is 53.1 Å². The molecule has 1 aliphatic carbocycles. The van der Waals surface area contributed by atoms with E-state index < -0.39 is 114 Å². The number of nitrogens with one attached hydrogen (secondary N) is 1. The molecule has 0 aromatic carbocycles. The molecule has 0 bridgehead atoms. The number of carbonyl (C=O) groups is 3. The lowest BCUT2D eigenvalue weighted by Crippen LogP contribution is -2.62. The third-order valence-electron chi connectivity index (χ3n) is 15.4. The zero-order chi connectivity index (χ0) is 51.6. The van der Waals surface area contributed by atoms with E-state index in [4.69, 9.17) is 42.7 Å². The Bertz CT molecular complexity index is 1660. The van der Waals surface area contributed by atoms with Gasteiger partial charge in [-0.05, 0) is 101 Å². The van der Waals surface area contributed by atoms with Crippen LogP contribution < -0.4 is 5.32 Å². The minimum Gasteiger partial charge on any atom is -0.459 e. The summed E-state index contributed by atoms with van der Waals surface area (Å²) >= 11 is 0. The van der Waals surface area contributed by atoms with Crippen LogP contribution in [0.15, 0.2) is 5.16 Å². The Balaban J connectivity index is 1.87. The maximum atomic E-state index is 14.7. The average molecular weight is 986 g/mol. The first kappa shape index (κ1) is 58.9. The van der Waals surface area contributed by atoms with Crippen molar-refractivity contribution >= 4 is 23.7 Å². The second-order valence-electron chi connectivity index (χ2n) is 21.6. The van der Waals surface area contributed by atoms with Gasteiger partial charge in [-0.1, -0.05) is 65.0 Å². The van der Waals surface area contributed by atoms with Crippen LogP contribution >= 0.6 is 0 Å². The number of esters is 2. The number of rotatable bonds is 15. The van der Waals surface area contributed by atoms with E-state index >= 15 is 0 Å². The summed E-state index contributed by atoms with van der Waals surface area (Å²) in [6.07, 6.45) is -2.08. The Labute approximate surface area is 412 Å². The summed E-state index contributed by atoms with van der Waals surface area (Å²) in [7, 11) is 5.27. The van der Waals surface area contributed by atoms with Crippen molar-refractivity contribution in [3.8, 4) is 0 Å². The van der Waals surface area contributed by atoms with Crippen molar-refractivity contribution in [1.82, 2.24) is 10.2 Å². The zero-order valence-electron chi connectivity index (χ0n) is 44.6. The number of aliphatic hydroxyl groups excluding tert-OH is 1. The molecule has 1 saturated carbocycles. The number of ether oxygens (including phenoxy) is 8. The van der Waals surface area contributed by atoms with Crippen molar-refractivity contribution in [3.05, 3.63) is 0 Å². The molecule has 0 aromatic rings. The van der Waals surface area contributed by atoms with Gasteiger partial charge >= 0.3 is 18.0 Å². The quantitative estimate of drug-likeness (QED) is 0.0614. The van der Waals surface area contributed by atoms with E-state index in [9.17, 15) is 29.7 Å². The van der Waals surface area contributed by atoms with Gasteiger partial charge in [-0.25, -0.2) is 4.79 Å². The maximum Gasteiger partial charge on any atom is 0.407 e. The number of nitrogens with zero attached hydrogens (tertiary/aromatic N) is 2. The highest BCUT2D eigenvalue weighted by molar-refractivity contribution is 5.88. The van der Waals surface area contributed by atoms with E-state index in [2.05, 4.69) is 10.5 Å². The van der Waals surface area contributed by atoms with Crippen LogP contribution in [0, 0.1) is 29.6 Å². The zero-order valence-corrected chi connectivity index (χ0v) is 44.6. The summed E-state index contributed by atoms with van der Waals surface area (Å²) in [6, 6.07) is -0.357. The average Bonchev–Trinajstić information content (AvgIpc) is 3.28. The molecule has 0 aromatic heterocycles. The molecule has 3 saturated heterocycles. The molecule has 0 radical (unpaired) electrons. The molecule has 18 heteroatoms. The van der Waals surface area contributed by atoms with Crippen molar-refractivity contribution in [2.75, 3.05) is 34.4 Å².